The summed E-state index contributed by atoms with van der Waals surface area (Å²) >= 11 is 0. The number of rotatable bonds is 3. The highest BCUT2D eigenvalue weighted by Gasteiger charge is 2.39. The standard InChI is InChI=1S/C16H26N2O/c1-13-7-6-8-14(13)11-18-15(19)16(12-17)9-4-2-3-5-10-16/h13-14H,2-11H2,1H3,(H,18,19). The molecule has 0 saturated heterocycles. The summed E-state index contributed by atoms with van der Waals surface area (Å²) in [4.78, 5) is 12.4. The van der Waals surface area contributed by atoms with Crippen LogP contribution in [0.1, 0.15) is 64.7 Å². The second kappa shape index (κ2) is 6.41. The van der Waals surface area contributed by atoms with Gasteiger partial charge in [0.25, 0.3) is 0 Å². The van der Waals surface area contributed by atoms with Crippen LogP contribution in [0.2, 0.25) is 0 Å². The van der Waals surface area contributed by atoms with E-state index in [2.05, 4.69) is 18.3 Å². The molecule has 3 nitrogen and oxygen atoms in total. The summed E-state index contributed by atoms with van der Waals surface area (Å²) in [5, 5.41) is 12.6. The van der Waals surface area contributed by atoms with Gasteiger partial charge in [0.2, 0.25) is 5.91 Å². The van der Waals surface area contributed by atoms with Crippen LogP contribution in [0.5, 0.6) is 0 Å². The molecule has 0 aromatic carbocycles. The van der Waals surface area contributed by atoms with Gasteiger partial charge in [0.05, 0.1) is 6.07 Å². The molecule has 2 rings (SSSR count). The Balaban J connectivity index is 1.91. The summed E-state index contributed by atoms with van der Waals surface area (Å²) in [5.41, 5.74) is -0.738. The lowest BCUT2D eigenvalue weighted by Gasteiger charge is -2.25. The molecular formula is C16H26N2O. The Bertz CT molecular complexity index is 350. The number of nitriles is 1. The number of hydrogen-bond acceptors (Lipinski definition) is 2. The van der Waals surface area contributed by atoms with Crippen molar-refractivity contribution < 1.29 is 4.79 Å². The van der Waals surface area contributed by atoms with Crippen molar-refractivity contribution in [2.45, 2.75) is 64.7 Å². The number of nitrogens with zero attached hydrogens (tertiary/aromatic N) is 1. The molecule has 1 N–H and O–H groups in total. The van der Waals surface area contributed by atoms with Crippen molar-refractivity contribution in [3.8, 4) is 6.07 Å². The van der Waals surface area contributed by atoms with E-state index in [0.717, 1.165) is 45.1 Å². The normalized spacial score (nSPS) is 30.3. The molecule has 2 saturated carbocycles. The van der Waals surface area contributed by atoms with Crippen molar-refractivity contribution in [1.29, 1.82) is 5.26 Å². The summed E-state index contributed by atoms with van der Waals surface area (Å²) in [6.07, 6.45) is 9.63. The predicted octanol–water partition coefficient (Wildman–Crippen LogP) is 3.40. The first-order valence-corrected chi connectivity index (χ1v) is 7.87. The average molecular weight is 262 g/mol. The van der Waals surface area contributed by atoms with Crippen molar-refractivity contribution in [3.63, 3.8) is 0 Å². The SMILES string of the molecule is CC1CCCC1CNC(=O)C1(C#N)CCCCCC1. The summed E-state index contributed by atoms with van der Waals surface area (Å²) in [6, 6.07) is 2.33. The van der Waals surface area contributed by atoms with E-state index in [1.807, 2.05) is 0 Å². The number of hydrogen-bond donors (Lipinski definition) is 1. The lowest BCUT2D eigenvalue weighted by Crippen LogP contribution is -2.42. The lowest BCUT2D eigenvalue weighted by atomic mass is 9.81. The van der Waals surface area contributed by atoms with Crippen LogP contribution >= 0.6 is 0 Å². The Morgan fingerprint density at radius 3 is 2.42 bits per heavy atom. The first-order chi connectivity index (χ1) is 9.18. The van der Waals surface area contributed by atoms with Crippen LogP contribution in [0.3, 0.4) is 0 Å². The van der Waals surface area contributed by atoms with Crippen LogP contribution in [0.15, 0.2) is 0 Å². The van der Waals surface area contributed by atoms with E-state index >= 15 is 0 Å². The highest BCUT2D eigenvalue weighted by molar-refractivity contribution is 5.85. The molecule has 19 heavy (non-hydrogen) atoms. The largest absolute Gasteiger partial charge is 0.354 e. The van der Waals surface area contributed by atoms with E-state index in [1.54, 1.807) is 0 Å². The molecule has 0 bridgehead atoms. The van der Waals surface area contributed by atoms with Crippen molar-refractivity contribution in [2.24, 2.45) is 17.3 Å². The van der Waals surface area contributed by atoms with Crippen LogP contribution in [-0.2, 0) is 4.79 Å². The van der Waals surface area contributed by atoms with Crippen LogP contribution < -0.4 is 5.32 Å². The van der Waals surface area contributed by atoms with Gasteiger partial charge in [-0.05, 0) is 31.1 Å². The molecule has 0 heterocycles. The monoisotopic (exact) mass is 262 g/mol. The van der Waals surface area contributed by atoms with Gasteiger partial charge in [-0.15, -0.1) is 0 Å². The summed E-state index contributed by atoms with van der Waals surface area (Å²) in [6.45, 7) is 3.04. The molecule has 2 unspecified atom stereocenters. The minimum absolute atomic E-state index is 0.00370. The van der Waals surface area contributed by atoms with E-state index in [-0.39, 0.29) is 5.91 Å². The van der Waals surface area contributed by atoms with Crippen molar-refractivity contribution >= 4 is 5.91 Å². The molecule has 2 fully saturated rings. The zero-order valence-corrected chi connectivity index (χ0v) is 12.1. The first kappa shape index (κ1) is 14.4. The van der Waals surface area contributed by atoms with Crippen LogP contribution in [0.25, 0.3) is 0 Å². The Kier molecular flexibility index (Phi) is 4.85. The Hall–Kier alpha value is -1.04. The van der Waals surface area contributed by atoms with Crippen LogP contribution in [0, 0.1) is 28.6 Å². The molecule has 0 spiro atoms. The van der Waals surface area contributed by atoms with Crippen molar-refractivity contribution in [3.05, 3.63) is 0 Å². The van der Waals surface area contributed by atoms with Crippen molar-refractivity contribution in [2.75, 3.05) is 6.54 Å². The highest BCUT2D eigenvalue weighted by Crippen LogP contribution is 2.35. The molecule has 106 valence electrons. The zero-order chi connectivity index (χ0) is 13.7. The van der Waals surface area contributed by atoms with Gasteiger partial charge in [0.1, 0.15) is 5.41 Å². The van der Waals surface area contributed by atoms with Gasteiger partial charge in [-0.25, -0.2) is 0 Å². The average Bonchev–Trinajstić information content (AvgIpc) is 2.68. The molecule has 0 aromatic heterocycles. The fraction of sp³-hybridized carbons (Fsp3) is 0.875. The zero-order valence-electron chi connectivity index (χ0n) is 12.1. The van der Waals surface area contributed by atoms with Crippen molar-refractivity contribution in [1.82, 2.24) is 5.32 Å². The fourth-order valence-electron chi connectivity index (χ4n) is 3.64. The predicted molar refractivity (Wildman–Crippen MR) is 75.3 cm³/mol. The molecule has 1 amide bonds. The van der Waals surface area contributed by atoms with Gasteiger partial charge in [0, 0.05) is 6.54 Å². The molecule has 3 heteroatoms. The molecule has 0 aliphatic heterocycles. The summed E-state index contributed by atoms with van der Waals surface area (Å²) in [7, 11) is 0. The Morgan fingerprint density at radius 1 is 1.21 bits per heavy atom. The smallest absolute Gasteiger partial charge is 0.240 e. The third kappa shape index (κ3) is 3.29. The maximum absolute atomic E-state index is 12.4. The van der Waals surface area contributed by atoms with Gasteiger partial charge in [-0.3, -0.25) is 4.79 Å². The number of amides is 1. The Labute approximate surface area is 116 Å². The topological polar surface area (TPSA) is 52.9 Å². The van der Waals surface area contributed by atoms with E-state index in [0.29, 0.717) is 11.8 Å². The maximum atomic E-state index is 12.4. The minimum Gasteiger partial charge on any atom is -0.354 e. The quantitative estimate of drug-likeness (QED) is 0.792. The van der Waals surface area contributed by atoms with Gasteiger partial charge in [0.15, 0.2) is 0 Å². The molecular weight excluding hydrogens is 236 g/mol. The molecule has 0 aromatic rings. The second-order valence-corrected chi connectivity index (χ2v) is 6.49. The molecule has 0 radical (unpaired) electrons. The highest BCUT2D eigenvalue weighted by atomic mass is 16.2. The van der Waals surface area contributed by atoms with Gasteiger partial charge < -0.3 is 5.32 Å². The third-order valence-electron chi connectivity index (χ3n) is 5.17. The van der Waals surface area contributed by atoms with Gasteiger partial charge in [-0.2, -0.15) is 5.26 Å². The Morgan fingerprint density at radius 2 is 1.89 bits per heavy atom. The van der Waals surface area contributed by atoms with E-state index < -0.39 is 5.41 Å². The number of carbonyl (C=O) groups excluding carboxylic acids is 1. The van der Waals surface area contributed by atoms with E-state index in [1.165, 1.54) is 19.3 Å². The summed E-state index contributed by atoms with van der Waals surface area (Å²) < 4.78 is 0. The fourth-order valence-corrected chi connectivity index (χ4v) is 3.64. The van der Waals surface area contributed by atoms with Crippen LogP contribution in [-0.4, -0.2) is 12.5 Å². The van der Waals surface area contributed by atoms with Crippen LogP contribution in [0.4, 0.5) is 0 Å². The number of nitrogens with one attached hydrogen (secondary N) is 1. The molecule has 2 aliphatic carbocycles. The van der Waals surface area contributed by atoms with E-state index in [9.17, 15) is 10.1 Å². The molecule has 2 aliphatic rings. The van der Waals surface area contributed by atoms with E-state index in [4.69, 9.17) is 0 Å². The number of carbonyl (C=O) groups is 1. The minimum atomic E-state index is -0.738. The lowest BCUT2D eigenvalue weighted by molar-refractivity contribution is -0.129. The second-order valence-electron chi connectivity index (χ2n) is 6.49. The van der Waals surface area contributed by atoms with Gasteiger partial charge in [-0.1, -0.05) is 45.4 Å². The first-order valence-electron chi connectivity index (χ1n) is 7.87. The maximum Gasteiger partial charge on any atom is 0.240 e. The third-order valence-corrected chi connectivity index (χ3v) is 5.17. The molecule has 2 atom stereocenters. The van der Waals surface area contributed by atoms with Gasteiger partial charge >= 0.3 is 0 Å². The summed E-state index contributed by atoms with van der Waals surface area (Å²) in [5.74, 6) is 1.33.